The van der Waals surface area contributed by atoms with Gasteiger partial charge in [0.15, 0.2) is 0 Å². The van der Waals surface area contributed by atoms with E-state index in [1.165, 1.54) is 11.3 Å². The Balaban J connectivity index is 2.11. The standard InChI is InChI=1S/C18H14N2O2S/c1-2-22-14-5-3-12(4-6-14)17-9-15(13-7-8-23-11-13)16(10-19)18(21)20-17/h3-9,11H,2H2,1H3,(H,20,21). The number of aromatic amines is 1. The van der Waals surface area contributed by atoms with Gasteiger partial charge >= 0.3 is 0 Å². The van der Waals surface area contributed by atoms with E-state index in [9.17, 15) is 10.1 Å². The molecule has 0 aliphatic carbocycles. The molecule has 0 atom stereocenters. The summed E-state index contributed by atoms with van der Waals surface area (Å²) in [7, 11) is 0. The third kappa shape index (κ3) is 3.03. The molecule has 0 saturated carbocycles. The fourth-order valence-electron chi connectivity index (χ4n) is 2.37. The van der Waals surface area contributed by atoms with Crippen LogP contribution in [-0.2, 0) is 0 Å². The molecule has 3 rings (SSSR count). The maximum Gasteiger partial charge on any atom is 0.266 e. The quantitative estimate of drug-likeness (QED) is 0.788. The van der Waals surface area contributed by atoms with Gasteiger partial charge < -0.3 is 9.72 Å². The van der Waals surface area contributed by atoms with Gasteiger partial charge in [-0.05, 0) is 65.2 Å². The Kier molecular flexibility index (Phi) is 4.26. The summed E-state index contributed by atoms with van der Waals surface area (Å²) in [5.41, 5.74) is 2.84. The average molecular weight is 322 g/mol. The molecular weight excluding hydrogens is 308 g/mol. The van der Waals surface area contributed by atoms with Crippen molar-refractivity contribution in [1.29, 1.82) is 5.26 Å². The van der Waals surface area contributed by atoms with Crippen LogP contribution in [0.2, 0.25) is 0 Å². The second-order valence-corrected chi connectivity index (χ2v) is 5.66. The molecule has 0 spiro atoms. The van der Waals surface area contributed by atoms with E-state index in [1.807, 2.05) is 60.2 Å². The predicted octanol–water partition coefficient (Wildman–Crippen LogP) is 4.04. The minimum atomic E-state index is -0.375. The lowest BCUT2D eigenvalue weighted by atomic mass is 10.0. The molecule has 0 aliphatic rings. The van der Waals surface area contributed by atoms with E-state index in [2.05, 4.69) is 4.98 Å². The highest BCUT2D eigenvalue weighted by molar-refractivity contribution is 7.08. The molecule has 0 amide bonds. The van der Waals surface area contributed by atoms with Crippen LogP contribution in [0.4, 0.5) is 0 Å². The van der Waals surface area contributed by atoms with Gasteiger partial charge in [-0.15, -0.1) is 0 Å². The first-order chi connectivity index (χ1) is 11.2. The van der Waals surface area contributed by atoms with Gasteiger partial charge in [-0.25, -0.2) is 0 Å². The molecule has 0 radical (unpaired) electrons. The van der Waals surface area contributed by atoms with Gasteiger partial charge in [0.1, 0.15) is 17.4 Å². The molecule has 5 heteroatoms. The molecule has 3 aromatic rings. The van der Waals surface area contributed by atoms with E-state index in [0.29, 0.717) is 17.9 Å². The van der Waals surface area contributed by atoms with Crippen molar-refractivity contribution in [2.24, 2.45) is 0 Å². The molecule has 1 N–H and O–H groups in total. The Bertz CT molecular complexity index is 904. The number of aromatic nitrogens is 1. The maximum atomic E-state index is 12.2. The van der Waals surface area contributed by atoms with Crippen molar-refractivity contribution < 1.29 is 4.74 Å². The molecule has 2 heterocycles. The Morgan fingerprint density at radius 3 is 2.61 bits per heavy atom. The van der Waals surface area contributed by atoms with E-state index < -0.39 is 0 Å². The highest BCUT2D eigenvalue weighted by Crippen LogP contribution is 2.28. The zero-order valence-corrected chi connectivity index (χ0v) is 13.3. The van der Waals surface area contributed by atoms with Crippen molar-refractivity contribution in [3.8, 4) is 34.2 Å². The molecule has 0 fully saturated rings. The van der Waals surface area contributed by atoms with E-state index >= 15 is 0 Å². The normalized spacial score (nSPS) is 10.3. The fourth-order valence-corrected chi connectivity index (χ4v) is 3.02. The second kappa shape index (κ2) is 6.51. The first-order valence-electron chi connectivity index (χ1n) is 7.16. The molecule has 0 unspecified atom stereocenters. The molecule has 2 aromatic heterocycles. The highest BCUT2D eigenvalue weighted by atomic mass is 32.1. The van der Waals surface area contributed by atoms with Crippen LogP contribution in [-0.4, -0.2) is 11.6 Å². The van der Waals surface area contributed by atoms with Crippen molar-refractivity contribution in [1.82, 2.24) is 4.98 Å². The van der Waals surface area contributed by atoms with Crippen LogP contribution in [0.15, 0.2) is 52.0 Å². The first-order valence-corrected chi connectivity index (χ1v) is 8.10. The second-order valence-electron chi connectivity index (χ2n) is 4.88. The molecule has 4 nitrogen and oxygen atoms in total. The average Bonchev–Trinajstić information content (AvgIpc) is 3.09. The monoisotopic (exact) mass is 322 g/mol. The van der Waals surface area contributed by atoms with Gasteiger partial charge in [-0.1, -0.05) is 0 Å². The van der Waals surface area contributed by atoms with E-state index in [4.69, 9.17) is 4.74 Å². The number of pyridine rings is 1. The molecule has 0 saturated heterocycles. The first kappa shape index (κ1) is 15.1. The molecule has 1 aromatic carbocycles. The largest absolute Gasteiger partial charge is 0.494 e. The molecule has 0 bridgehead atoms. The lowest BCUT2D eigenvalue weighted by Gasteiger charge is -2.08. The van der Waals surface area contributed by atoms with Crippen molar-refractivity contribution in [2.75, 3.05) is 6.61 Å². The van der Waals surface area contributed by atoms with Crippen molar-refractivity contribution in [2.45, 2.75) is 6.92 Å². The van der Waals surface area contributed by atoms with Crippen LogP contribution in [0.25, 0.3) is 22.4 Å². The Morgan fingerprint density at radius 1 is 1.22 bits per heavy atom. The topological polar surface area (TPSA) is 65.9 Å². The van der Waals surface area contributed by atoms with Crippen molar-refractivity contribution >= 4 is 11.3 Å². The van der Waals surface area contributed by atoms with Gasteiger partial charge in [-0.2, -0.15) is 16.6 Å². The molecule has 114 valence electrons. The molecule has 23 heavy (non-hydrogen) atoms. The summed E-state index contributed by atoms with van der Waals surface area (Å²) in [6.07, 6.45) is 0. The SMILES string of the molecule is CCOc1ccc(-c2cc(-c3ccsc3)c(C#N)c(=O)[nH]2)cc1. The molecule has 0 aliphatic heterocycles. The minimum absolute atomic E-state index is 0.137. The number of hydrogen-bond acceptors (Lipinski definition) is 4. The lowest BCUT2D eigenvalue weighted by molar-refractivity contribution is 0.340. The van der Waals surface area contributed by atoms with E-state index in [0.717, 1.165) is 16.9 Å². The lowest BCUT2D eigenvalue weighted by Crippen LogP contribution is -2.12. The summed E-state index contributed by atoms with van der Waals surface area (Å²) in [4.78, 5) is 15.0. The zero-order chi connectivity index (χ0) is 16.2. The summed E-state index contributed by atoms with van der Waals surface area (Å²) >= 11 is 1.53. The van der Waals surface area contributed by atoms with Crippen LogP contribution in [0, 0.1) is 11.3 Å². The Morgan fingerprint density at radius 2 is 2.00 bits per heavy atom. The Hall–Kier alpha value is -2.84. The number of nitrogens with zero attached hydrogens (tertiary/aromatic N) is 1. The summed E-state index contributed by atoms with van der Waals surface area (Å²) in [6.45, 7) is 2.54. The van der Waals surface area contributed by atoms with Crippen molar-refractivity contribution in [3.05, 3.63) is 63.1 Å². The van der Waals surface area contributed by atoms with Crippen LogP contribution in [0.1, 0.15) is 12.5 Å². The summed E-state index contributed by atoms with van der Waals surface area (Å²) in [5, 5.41) is 13.1. The number of hydrogen-bond donors (Lipinski definition) is 1. The minimum Gasteiger partial charge on any atom is -0.494 e. The van der Waals surface area contributed by atoms with Gasteiger partial charge in [0.2, 0.25) is 0 Å². The van der Waals surface area contributed by atoms with Crippen LogP contribution < -0.4 is 10.3 Å². The Labute approximate surface area is 137 Å². The number of benzene rings is 1. The van der Waals surface area contributed by atoms with E-state index in [1.54, 1.807) is 0 Å². The number of rotatable bonds is 4. The highest BCUT2D eigenvalue weighted by Gasteiger charge is 2.12. The fraction of sp³-hybridized carbons (Fsp3) is 0.111. The predicted molar refractivity (Wildman–Crippen MR) is 91.7 cm³/mol. The third-order valence-electron chi connectivity index (χ3n) is 3.45. The van der Waals surface area contributed by atoms with Crippen LogP contribution in [0.5, 0.6) is 5.75 Å². The van der Waals surface area contributed by atoms with Crippen molar-refractivity contribution in [3.63, 3.8) is 0 Å². The van der Waals surface area contributed by atoms with Gasteiger partial charge in [-0.3, -0.25) is 4.79 Å². The number of nitrogens with one attached hydrogen (secondary N) is 1. The van der Waals surface area contributed by atoms with Crippen LogP contribution >= 0.6 is 11.3 Å². The smallest absolute Gasteiger partial charge is 0.266 e. The number of ether oxygens (including phenoxy) is 1. The summed E-state index contributed by atoms with van der Waals surface area (Å²) < 4.78 is 5.43. The third-order valence-corrected chi connectivity index (χ3v) is 4.14. The van der Waals surface area contributed by atoms with Crippen LogP contribution in [0.3, 0.4) is 0 Å². The number of H-pyrrole nitrogens is 1. The maximum absolute atomic E-state index is 12.2. The van der Waals surface area contributed by atoms with Gasteiger partial charge in [0.25, 0.3) is 5.56 Å². The zero-order valence-electron chi connectivity index (χ0n) is 12.5. The number of nitriles is 1. The van der Waals surface area contributed by atoms with Gasteiger partial charge in [0, 0.05) is 11.3 Å². The summed E-state index contributed by atoms with van der Waals surface area (Å²) in [5.74, 6) is 0.783. The van der Waals surface area contributed by atoms with E-state index in [-0.39, 0.29) is 11.1 Å². The summed E-state index contributed by atoms with van der Waals surface area (Å²) in [6, 6.07) is 13.2. The molecular formula is C18H14N2O2S. The van der Waals surface area contributed by atoms with Gasteiger partial charge in [0.05, 0.1) is 6.61 Å². The number of thiophene rings is 1.